The fourth-order valence-corrected chi connectivity index (χ4v) is 4.02. The van der Waals surface area contributed by atoms with Crippen LogP contribution >= 0.6 is 0 Å². The molecule has 30 heavy (non-hydrogen) atoms. The van der Waals surface area contributed by atoms with Crippen LogP contribution in [0, 0.1) is 13.8 Å². The number of likely N-dealkylation sites (N-methyl/N-ethyl adjacent to an activating group) is 1. The smallest absolute Gasteiger partial charge is 0.254 e. The van der Waals surface area contributed by atoms with E-state index in [1.54, 1.807) is 19.2 Å². The third-order valence-electron chi connectivity index (χ3n) is 5.91. The highest BCUT2D eigenvalue weighted by molar-refractivity contribution is 6.00. The van der Waals surface area contributed by atoms with E-state index in [1.807, 2.05) is 42.8 Å². The molecular weight excluding hydrogens is 378 g/mol. The van der Waals surface area contributed by atoms with Gasteiger partial charge in [0.25, 0.3) is 5.91 Å². The van der Waals surface area contributed by atoms with E-state index in [-0.39, 0.29) is 18.4 Å². The van der Waals surface area contributed by atoms with Gasteiger partial charge < -0.3 is 10.2 Å². The molecule has 1 aromatic heterocycles. The van der Waals surface area contributed by atoms with Crippen LogP contribution in [0.15, 0.2) is 36.4 Å². The van der Waals surface area contributed by atoms with Gasteiger partial charge in [-0.05, 0) is 68.1 Å². The molecule has 0 spiro atoms. The van der Waals surface area contributed by atoms with Gasteiger partial charge in [0.1, 0.15) is 5.52 Å². The van der Waals surface area contributed by atoms with Gasteiger partial charge in [-0.1, -0.05) is 24.1 Å². The maximum Gasteiger partial charge on any atom is 0.254 e. The van der Waals surface area contributed by atoms with E-state index in [2.05, 4.69) is 15.6 Å². The molecule has 0 bridgehead atoms. The molecule has 2 aromatic carbocycles. The standard InChI is InChI=1S/C23H27N5O2/c1-15-8-10-18(12-16(15)2)24-22(29)14-27(3)23(30)17-9-11-21-20(13-17)25-26-28(21)19-6-4-5-7-19/h8-13,19H,4-7,14H2,1-3H3,(H,24,29). The van der Waals surface area contributed by atoms with Crippen LogP contribution in [0.4, 0.5) is 5.69 Å². The Hall–Kier alpha value is -3.22. The van der Waals surface area contributed by atoms with Crippen LogP contribution in [0.1, 0.15) is 53.2 Å². The molecule has 4 rings (SSSR count). The molecular formula is C23H27N5O2. The number of nitrogens with zero attached hydrogens (tertiary/aromatic N) is 4. The van der Waals surface area contributed by atoms with Crippen molar-refractivity contribution < 1.29 is 9.59 Å². The number of hydrogen-bond donors (Lipinski definition) is 1. The maximum absolute atomic E-state index is 12.8. The molecule has 156 valence electrons. The van der Waals surface area contributed by atoms with E-state index in [0.717, 1.165) is 29.6 Å². The zero-order valence-corrected chi connectivity index (χ0v) is 17.7. The molecule has 1 saturated carbocycles. The lowest BCUT2D eigenvalue weighted by molar-refractivity contribution is -0.116. The topological polar surface area (TPSA) is 80.1 Å². The van der Waals surface area contributed by atoms with E-state index >= 15 is 0 Å². The van der Waals surface area contributed by atoms with Crippen molar-refractivity contribution in [2.24, 2.45) is 0 Å². The summed E-state index contributed by atoms with van der Waals surface area (Å²) in [5, 5.41) is 11.4. The third kappa shape index (κ3) is 4.06. The number of benzene rings is 2. The lowest BCUT2D eigenvalue weighted by Gasteiger charge is -2.17. The molecule has 0 aliphatic heterocycles. The summed E-state index contributed by atoms with van der Waals surface area (Å²) in [4.78, 5) is 26.6. The van der Waals surface area contributed by atoms with Crippen molar-refractivity contribution in [1.82, 2.24) is 19.9 Å². The monoisotopic (exact) mass is 405 g/mol. The minimum atomic E-state index is -0.234. The highest BCUT2D eigenvalue weighted by Crippen LogP contribution is 2.31. The lowest BCUT2D eigenvalue weighted by Crippen LogP contribution is -2.34. The number of rotatable bonds is 5. The van der Waals surface area contributed by atoms with Crippen LogP contribution in [0.3, 0.4) is 0 Å². The first-order chi connectivity index (χ1) is 14.4. The average Bonchev–Trinajstić information content (AvgIpc) is 3.39. The summed E-state index contributed by atoms with van der Waals surface area (Å²) in [6.07, 6.45) is 4.68. The van der Waals surface area contributed by atoms with Crippen LogP contribution in [-0.2, 0) is 4.79 Å². The van der Waals surface area contributed by atoms with Gasteiger partial charge in [-0.2, -0.15) is 0 Å². The number of fused-ring (bicyclic) bond motifs is 1. The molecule has 7 heteroatoms. The van der Waals surface area contributed by atoms with E-state index in [4.69, 9.17) is 0 Å². The predicted molar refractivity (Wildman–Crippen MR) is 117 cm³/mol. The van der Waals surface area contributed by atoms with Crippen LogP contribution in [0.5, 0.6) is 0 Å². The number of aryl methyl sites for hydroxylation is 2. The molecule has 0 unspecified atom stereocenters. The Morgan fingerprint density at radius 3 is 2.60 bits per heavy atom. The Balaban J connectivity index is 1.43. The van der Waals surface area contributed by atoms with E-state index in [0.29, 0.717) is 17.1 Å². The third-order valence-corrected chi connectivity index (χ3v) is 5.91. The molecule has 1 heterocycles. The van der Waals surface area contributed by atoms with Gasteiger partial charge in [-0.15, -0.1) is 5.10 Å². The summed E-state index contributed by atoms with van der Waals surface area (Å²) < 4.78 is 1.98. The molecule has 0 radical (unpaired) electrons. The molecule has 7 nitrogen and oxygen atoms in total. The van der Waals surface area contributed by atoms with Gasteiger partial charge in [0.2, 0.25) is 5.91 Å². The van der Waals surface area contributed by atoms with Gasteiger partial charge >= 0.3 is 0 Å². The molecule has 3 aromatic rings. The van der Waals surface area contributed by atoms with Crippen molar-refractivity contribution in [1.29, 1.82) is 0 Å². The SMILES string of the molecule is Cc1ccc(NC(=O)CN(C)C(=O)c2ccc3c(c2)nnn3C2CCCC2)cc1C. The number of carbonyl (C=O) groups is 2. The summed E-state index contributed by atoms with van der Waals surface area (Å²) >= 11 is 0. The number of aromatic nitrogens is 3. The number of amides is 2. The molecule has 1 fully saturated rings. The van der Waals surface area contributed by atoms with Gasteiger partial charge in [-0.3, -0.25) is 9.59 Å². The minimum Gasteiger partial charge on any atom is -0.332 e. The van der Waals surface area contributed by atoms with Crippen molar-refractivity contribution in [3.8, 4) is 0 Å². The van der Waals surface area contributed by atoms with Crippen molar-refractivity contribution >= 4 is 28.5 Å². The van der Waals surface area contributed by atoms with Gasteiger partial charge in [-0.25, -0.2) is 4.68 Å². The Morgan fingerprint density at radius 2 is 1.87 bits per heavy atom. The fourth-order valence-electron chi connectivity index (χ4n) is 4.02. The highest BCUT2D eigenvalue weighted by atomic mass is 16.2. The minimum absolute atomic E-state index is 0.0292. The van der Waals surface area contributed by atoms with Gasteiger partial charge in [0, 0.05) is 18.3 Å². The lowest BCUT2D eigenvalue weighted by atomic mass is 10.1. The first-order valence-corrected chi connectivity index (χ1v) is 10.4. The molecule has 0 atom stereocenters. The zero-order chi connectivity index (χ0) is 21.3. The summed E-state index contributed by atoms with van der Waals surface area (Å²) in [5.74, 6) is -0.454. The predicted octanol–water partition coefficient (Wildman–Crippen LogP) is 3.87. The fraction of sp³-hybridized carbons (Fsp3) is 0.391. The summed E-state index contributed by atoms with van der Waals surface area (Å²) in [5.41, 5.74) is 5.17. The summed E-state index contributed by atoms with van der Waals surface area (Å²) in [6.45, 7) is 3.99. The Labute approximate surface area is 176 Å². The molecule has 2 amide bonds. The van der Waals surface area contributed by atoms with Crippen molar-refractivity contribution in [3.05, 3.63) is 53.1 Å². The summed E-state index contributed by atoms with van der Waals surface area (Å²) in [6, 6.07) is 11.6. The first-order valence-electron chi connectivity index (χ1n) is 10.4. The zero-order valence-electron chi connectivity index (χ0n) is 17.7. The Bertz CT molecular complexity index is 1100. The van der Waals surface area contributed by atoms with Gasteiger partial charge in [0.15, 0.2) is 0 Å². The first kappa shape index (κ1) is 20.1. The van der Waals surface area contributed by atoms with Crippen molar-refractivity contribution in [2.45, 2.75) is 45.6 Å². The second-order valence-corrected chi connectivity index (χ2v) is 8.18. The summed E-state index contributed by atoms with van der Waals surface area (Å²) in [7, 11) is 1.63. The number of hydrogen-bond acceptors (Lipinski definition) is 4. The van der Waals surface area contributed by atoms with E-state index in [1.165, 1.54) is 23.3 Å². The largest absolute Gasteiger partial charge is 0.332 e. The highest BCUT2D eigenvalue weighted by Gasteiger charge is 2.21. The maximum atomic E-state index is 12.8. The van der Waals surface area contributed by atoms with Crippen LogP contribution in [-0.4, -0.2) is 45.3 Å². The molecule has 1 aliphatic rings. The second-order valence-electron chi connectivity index (χ2n) is 8.18. The van der Waals surface area contributed by atoms with Crippen LogP contribution in [0.25, 0.3) is 11.0 Å². The number of nitrogens with one attached hydrogen (secondary N) is 1. The molecule has 1 aliphatic carbocycles. The van der Waals surface area contributed by atoms with Crippen LogP contribution < -0.4 is 5.32 Å². The van der Waals surface area contributed by atoms with Crippen molar-refractivity contribution in [2.75, 3.05) is 18.9 Å². The number of anilines is 1. The van der Waals surface area contributed by atoms with Gasteiger partial charge in [0.05, 0.1) is 18.1 Å². The van der Waals surface area contributed by atoms with Crippen LogP contribution in [0.2, 0.25) is 0 Å². The molecule has 1 N–H and O–H groups in total. The quantitative estimate of drug-likeness (QED) is 0.699. The Kier molecular flexibility index (Phi) is 5.53. The number of carbonyl (C=O) groups excluding carboxylic acids is 2. The Morgan fingerprint density at radius 1 is 1.10 bits per heavy atom. The second kappa shape index (κ2) is 8.26. The van der Waals surface area contributed by atoms with E-state index in [9.17, 15) is 9.59 Å². The normalized spacial score (nSPS) is 14.2. The van der Waals surface area contributed by atoms with Crippen molar-refractivity contribution in [3.63, 3.8) is 0 Å². The van der Waals surface area contributed by atoms with E-state index < -0.39 is 0 Å². The average molecular weight is 406 g/mol. The molecule has 0 saturated heterocycles.